The lowest BCUT2D eigenvalue weighted by Gasteiger charge is -2.23. The summed E-state index contributed by atoms with van der Waals surface area (Å²) in [5.41, 5.74) is -0.0418. The Labute approximate surface area is 92.6 Å². The van der Waals surface area contributed by atoms with Gasteiger partial charge in [-0.25, -0.2) is 14.4 Å². The molecule has 0 bridgehead atoms. The molecule has 1 heterocycles. The van der Waals surface area contributed by atoms with Crippen LogP contribution in [0, 0.1) is 5.82 Å². The van der Waals surface area contributed by atoms with Crippen molar-refractivity contribution < 1.29 is 9.50 Å². The van der Waals surface area contributed by atoms with Gasteiger partial charge in [0, 0.05) is 18.0 Å². The van der Waals surface area contributed by atoms with E-state index in [9.17, 15) is 9.50 Å². The van der Waals surface area contributed by atoms with Crippen LogP contribution < -0.4 is 0 Å². The van der Waals surface area contributed by atoms with Crippen molar-refractivity contribution in [2.45, 2.75) is 12.5 Å². The lowest BCUT2D eigenvalue weighted by Crippen LogP contribution is -2.23. The smallest absolute Gasteiger partial charge is 0.123 e. The van der Waals surface area contributed by atoms with Crippen LogP contribution in [0.15, 0.2) is 43.0 Å². The molecule has 0 aliphatic carbocycles. The van der Waals surface area contributed by atoms with Crippen LogP contribution >= 0.6 is 0 Å². The molecule has 2 rings (SSSR count). The van der Waals surface area contributed by atoms with Crippen LogP contribution in [0.4, 0.5) is 4.39 Å². The molecular weight excluding hydrogens is 207 g/mol. The summed E-state index contributed by atoms with van der Waals surface area (Å²) in [4.78, 5) is 7.70. The predicted molar refractivity (Wildman–Crippen MR) is 57.1 cm³/mol. The van der Waals surface area contributed by atoms with E-state index in [2.05, 4.69) is 9.97 Å². The lowest BCUT2D eigenvalue weighted by atomic mass is 9.90. The number of benzene rings is 1. The van der Waals surface area contributed by atoms with Crippen molar-refractivity contribution in [3.63, 3.8) is 0 Å². The summed E-state index contributed by atoms with van der Waals surface area (Å²) in [6.07, 6.45) is 4.47. The van der Waals surface area contributed by atoms with Gasteiger partial charge in [0.25, 0.3) is 0 Å². The van der Waals surface area contributed by atoms with Crippen molar-refractivity contribution >= 4 is 0 Å². The second-order valence-corrected chi connectivity index (χ2v) is 3.71. The Hall–Kier alpha value is -1.81. The summed E-state index contributed by atoms with van der Waals surface area (Å²) in [6, 6.07) is 5.71. The number of nitrogens with zero attached hydrogens (tertiary/aromatic N) is 2. The largest absolute Gasteiger partial charge is 0.381 e. The van der Waals surface area contributed by atoms with Crippen LogP contribution in [0.5, 0.6) is 0 Å². The van der Waals surface area contributed by atoms with Gasteiger partial charge in [-0.05, 0) is 24.6 Å². The molecule has 3 nitrogen and oxygen atoms in total. The highest BCUT2D eigenvalue weighted by Crippen LogP contribution is 2.27. The molecule has 82 valence electrons. The van der Waals surface area contributed by atoms with E-state index < -0.39 is 5.60 Å². The first-order valence-electron chi connectivity index (χ1n) is 4.84. The molecule has 16 heavy (non-hydrogen) atoms. The molecule has 1 atom stereocenters. The molecule has 0 saturated carbocycles. The SMILES string of the molecule is CC(O)(c1ccc(F)cc1)c1cncnc1. The summed E-state index contributed by atoms with van der Waals surface area (Å²) < 4.78 is 12.8. The summed E-state index contributed by atoms with van der Waals surface area (Å²) >= 11 is 0. The van der Waals surface area contributed by atoms with E-state index in [1.807, 2.05) is 0 Å². The van der Waals surface area contributed by atoms with Crippen LogP contribution in [0.25, 0.3) is 0 Å². The summed E-state index contributed by atoms with van der Waals surface area (Å²) in [5, 5.41) is 10.3. The lowest BCUT2D eigenvalue weighted by molar-refractivity contribution is 0.101. The van der Waals surface area contributed by atoms with Crippen LogP contribution in [0.1, 0.15) is 18.1 Å². The zero-order valence-electron chi connectivity index (χ0n) is 8.76. The Balaban J connectivity index is 2.43. The molecule has 2 aromatic rings. The Morgan fingerprint density at radius 2 is 1.62 bits per heavy atom. The molecule has 0 amide bonds. The molecule has 0 aliphatic heterocycles. The van der Waals surface area contributed by atoms with Crippen LogP contribution in [0.2, 0.25) is 0 Å². The molecule has 1 aromatic carbocycles. The molecule has 1 N–H and O–H groups in total. The fraction of sp³-hybridized carbons (Fsp3) is 0.167. The first-order chi connectivity index (χ1) is 7.60. The van der Waals surface area contributed by atoms with Crippen molar-refractivity contribution in [2.75, 3.05) is 0 Å². The number of rotatable bonds is 2. The maximum Gasteiger partial charge on any atom is 0.123 e. The molecule has 1 unspecified atom stereocenters. The Bertz CT molecular complexity index is 468. The van der Waals surface area contributed by atoms with Gasteiger partial charge >= 0.3 is 0 Å². The van der Waals surface area contributed by atoms with Gasteiger partial charge < -0.3 is 5.11 Å². The molecule has 1 aromatic heterocycles. The van der Waals surface area contributed by atoms with Crippen LogP contribution in [-0.2, 0) is 5.60 Å². The average Bonchev–Trinajstić information content (AvgIpc) is 2.31. The number of aromatic nitrogens is 2. The number of halogens is 1. The molecule has 0 radical (unpaired) electrons. The summed E-state index contributed by atoms with van der Waals surface area (Å²) in [6.45, 7) is 1.62. The summed E-state index contributed by atoms with van der Waals surface area (Å²) in [5.74, 6) is -0.330. The van der Waals surface area contributed by atoms with Crippen LogP contribution in [0.3, 0.4) is 0 Å². The Morgan fingerprint density at radius 3 is 2.19 bits per heavy atom. The number of aliphatic hydroxyl groups is 1. The second-order valence-electron chi connectivity index (χ2n) is 3.71. The highest BCUT2D eigenvalue weighted by atomic mass is 19.1. The van der Waals surface area contributed by atoms with Gasteiger partial charge in [0.15, 0.2) is 0 Å². The highest BCUT2D eigenvalue weighted by Gasteiger charge is 2.25. The Kier molecular flexibility index (Phi) is 2.66. The summed E-state index contributed by atoms with van der Waals surface area (Å²) in [7, 11) is 0. The molecule has 0 spiro atoms. The third-order valence-electron chi connectivity index (χ3n) is 2.53. The van der Waals surface area contributed by atoms with E-state index in [0.29, 0.717) is 11.1 Å². The normalized spacial score (nSPS) is 14.4. The van der Waals surface area contributed by atoms with Gasteiger partial charge in [0.1, 0.15) is 17.7 Å². The minimum absolute atomic E-state index is 0.330. The van der Waals surface area contributed by atoms with E-state index in [0.717, 1.165) is 0 Å². The van der Waals surface area contributed by atoms with Crippen molar-refractivity contribution in [3.05, 3.63) is 59.9 Å². The fourth-order valence-electron chi connectivity index (χ4n) is 1.49. The van der Waals surface area contributed by atoms with Gasteiger partial charge in [0.2, 0.25) is 0 Å². The van der Waals surface area contributed by atoms with Gasteiger partial charge in [-0.2, -0.15) is 0 Å². The fourth-order valence-corrected chi connectivity index (χ4v) is 1.49. The highest BCUT2D eigenvalue weighted by molar-refractivity contribution is 5.32. The molecule has 0 fully saturated rings. The van der Waals surface area contributed by atoms with E-state index >= 15 is 0 Å². The van der Waals surface area contributed by atoms with E-state index in [1.54, 1.807) is 19.1 Å². The molecule has 4 heteroatoms. The van der Waals surface area contributed by atoms with Crippen molar-refractivity contribution in [2.24, 2.45) is 0 Å². The van der Waals surface area contributed by atoms with Crippen LogP contribution in [-0.4, -0.2) is 15.1 Å². The minimum atomic E-state index is -1.21. The van der Waals surface area contributed by atoms with E-state index in [4.69, 9.17) is 0 Å². The topological polar surface area (TPSA) is 46.0 Å². The van der Waals surface area contributed by atoms with Crippen molar-refractivity contribution in [1.29, 1.82) is 0 Å². The van der Waals surface area contributed by atoms with Gasteiger partial charge in [-0.3, -0.25) is 0 Å². The van der Waals surface area contributed by atoms with Gasteiger partial charge in [-0.1, -0.05) is 12.1 Å². The number of hydrogen-bond donors (Lipinski definition) is 1. The van der Waals surface area contributed by atoms with Gasteiger partial charge in [-0.15, -0.1) is 0 Å². The third kappa shape index (κ3) is 1.92. The van der Waals surface area contributed by atoms with E-state index in [1.165, 1.54) is 30.9 Å². The Morgan fingerprint density at radius 1 is 1.06 bits per heavy atom. The molecule has 0 saturated heterocycles. The average molecular weight is 218 g/mol. The maximum atomic E-state index is 12.8. The second kappa shape index (κ2) is 3.98. The molecular formula is C12H11FN2O. The first-order valence-corrected chi connectivity index (χ1v) is 4.84. The third-order valence-corrected chi connectivity index (χ3v) is 2.53. The van der Waals surface area contributed by atoms with Crippen molar-refractivity contribution in [1.82, 2.24) is 9.97 Å². The molecule has 0 aliphatic rings. The van der Waals surface area contributed by atoms with E-state index in [-0.39, 0.29) is 5.82 Å². The zero-order chi connectivity index (χ0) is 11.6. The predicted octanol–water partition coefficient (Wildman–Crippen LogP) is 1.87. The monoisotopic (exact) mass is 218 g/mol. The quantitative estimate of drug-likeness (QED) is 0.837. The minimum Gasteiger partial charge on any atom is -0.381 e. The van der Waals surface area contributed by atoms with Gasteiger partial charge in [0.05, 0.1) is 0 Å². The van der Waals surface area contributed by atoms with Crippen molar-refractivity contribution in [3.8, 4) is 0 Å². The maximum absolute atomic E-state index is 12.8. The number of hydrogen-bond acceptors (Lipinski definition) is 3. The zero-order valence-corrected chi connectivity index (χ0v) is 8.76. The first kappa shape index (κ1) is 10.7. The standard InChI is InChI=1S/C12H11FN2O/c1-12(16,10-6-14-8-15-7-10)9-2-4-11(13)5-3-9/h2-8,16H,1H3.